The van der Waals surface area contributed by atoms with Crippen LogP contribution in [0, 0.1) is 0 Å². The van der Waals surface area contributed by atoms with E-state index in [0.717, 1.165) is 0 Å². The van der Waals surface area contributed by atoms with E-state index in [1.807, 2.05) is 0 Å². The summed E-state index contributed by atoms with van der Waals surface area (Å²) in [5, 5.41) is 17.8. The van der Waals surface area contributed by atoms with Crippen LogP contribution >= 0.6 is 14.5 Å². The van der Waals surface area contributed by atoms with Gasteiger partial charge in [0.15, 0.2) is 0 Å². The van der Waals surface area contributed by atoms with Gasteiger partial charge < -0.3 is 0 Å². The molecule has 218 valence electrons. The molecule has 0 atom stereocenters. The molecule has 0 N–H and O–H groups in total. The quantitative estimate of drug-likeness (QED) is 0.186. The minimum atomic E-state index is -2.77. The van der Waals surface area contributed by atoms with Gasteiger partial charge >= 0.3 is 272 Å². The van der Waals surface area contributed by atoms with Crippen LogP contribution in [0.4, 0.5) is 0 Å². The van der Waals surface area contributed by atoms with Crippen molar-refractivity contribution in [3.63, 3.8) is 0 Å². The fraction of sp³-hybridized carbons (Fsp3) is 0. The van der Waals surface area contributed by atoms with E-state index in [-0.39, 0.29) is 0 Å². The molecule has 0 spiro atoms. The maximum absolute atomic E-state index is 2.77. The average molecular weight is 623 g/mol. The Morgan fingerprint density at radius 2 is 0.696 bits per heavy atom. The van der Waals surface area contributed by atoms with E-state index >= 15 is 0 Å². The monoisotopic (exact) mass is 622 g/mol. The van der Waals surface area contributed by atoms with Crippen molar-refractivity contribution in [3.8, 4) is 11.1 Å². The first-order valence-electron chi connectivity index (χ1n) is 16.2. The molecule has 2 heteroatoms. The molecule has 2 aliphatic rings. The van der Waals surface area contributed by atoms with Gasteiger partial charge in [0.2, 0.25) is 0 Å². The number of hydrogen-bond donors (Lipinski definition) is 0. The molecular weight excluding hydrogens is 590 g/mol. The maximum atomic E-state index is 2.50. The second kappa shape index (κ2) is 9.82. The first kappa shape index (κ1) is 26.4. The Balaban J connectivity index is 1.50. The molecule has 0 saturated carbocycles. The minimum absolute atomic E-state index is 1.31. The molecule has 0 aliphatic carbocycles. The van der Waals surface area contributed by atoms with Crippen LogP contribution in [0.2, 0.25) is 0 Å². The van der Waals surface area contributed by atoms with Gasteiger partial charge in [0.25, 0.3) is 0 Å². The summed E-state index contributed by atoms with van der Waals surface area (Å²) in [6.07, 6.45) is 0. The van der Waals surface area contributed by atoms with Crippen LogP contribution in [-0.2, 0) is 0 Å². The van der Waals surface area contributed by atoms with Crippen LogP contribution in [0.5, 0.6) is 0 Å². The van der Waals surface area contributed by atoms with Crippen molar-refractivity contribution in [1.82, 2.24) is 0 Å². The summed E-state index contributed by atoms with van der Waals surface area (Å²) in [7, 11) is -5.26. The summed E-state index contributed by atoms with van der Waals surface area (Å²) in [5.41, 5.74) is 2.92. The molecule has 0 saturated heterocycles. The molecule has 2 heterocycles. The zero-order valence-corrected chi connectivity index (χ0v) is 27.3. The van der Waals surface area contributed by atoms with E-state index in [1.54, 1.807) is 15.9 Å². The number of rotatable bonds is 4. The molecule has 0 amide bonds. The first-order chi connectivity index (χ1) is 22.9. The zero-order valence-electron chi connectivity index (χ0n) is 25.3. The number of hydrogen-bond acceptors (Lipinski definition) is 0. The van der Waals surface area contributed by atoms with Gasteiger partial charge in [0.1, 0.15) is 0 Å². The molecule has 8 aromatic carbocycles. The second-order valence-electron chi connectivity index (χ2n) is 12.7. The summed E-state index contributed by atoms with van der Waals surface area (Å²) >= 11 is 0. The van der Waals surface area contributed by atoms with Gasteiger partial charge in [-0.1, -0.05) is 0 Å². The second-order valence-corrected chi connectivity index (χ2v) is 20.1. The van der Waals surface area contributed by atoms with Crippen molar-refractivity contribution >= 4 is 78.5 Å². The summed E-state index contributed by atoms with van der Waals surface area (Å²) in [6.45, 7) is 0. The zero-order chi connectivity index (χ0) is 30.3. The summed E-state index contributed by atoms with van der Waals surface area (Å²) < 4.78 is 0. The van der Waals surface area contributed by atoms with E-state index in [9.17, 15) is 0 Å². The van der Waals surface area contributed by atoms with Crippen molar-refractivity contribution in [1.29, 1.82) is 0 Å². The molecular formula is C44H32P2. The Kier molecular flexibility index (Phi) is 5.63. The van der Waals surface area contributed by atoms with Crippen LogP contribution < -0.4 is 42.4 Å². The Hall–Kier alpha value is -4.86. The van der Waals surface area contributed by atoms with E-state index in [0.29, 0.717) is 0 Å². The standard InChI is InChI=1S/C44H32P2/c1-5-18-32(19-6-1)45(33-20-7-2-8-21-33)39-30-29-31-17-13-14-26-36(31)40(39)41-37-27-15-16-28-38(37)42-44(43(41)45)46(42,34-22-9-3-10-23-34)35-24-11-4-12-25-35/h1-30,45-46H. The van der Waals surface area contributed by atoms with Crippen LogP contribution in [0.3, 0.4) is 0 Å². The van der Waals surface area contributed by atoms with Crippen LogP contribution in [-0.4, -0.2) is 0 Å². The SMILES string of the molecule is c1ccc([PH]2(c3ccccc3)c3ccc4ccccc4c3-c3c2c2c(c4ccccc34)[PH]2(c2ccccc2)c2ccccc2)cc1. The molecule has 0 bridgehead atoms. The Labute approximate surface area is 270 Å². The van der Waals surface area contributed by atoms with Crippen LogP contribution in [0.25, 0.3) is 32.7 Å². The molecule has 10 rings (SSSR count). The van der Waals surface area contributed by atoms with E-state index in [1.165, 1.54) is 59.2 Å². The third-order valence-corrected chi connectivity index (χ3v) is 20.5. The molecule has 46 heavy (non-hydrogen) atoms. The van der Waals surface area contributed by atoms with Crippen LogP contribution in [0.1, 0.15) is 0 Å². The van der Waals surface area contributed by atoms with Crippen molar-refractivity contribution < 1.29 is 0 Å². The summed E-state index contributed by atoms with van der Waals surface area (Å²) in [6, 6.07) is 69.3. The van der Waals surface area contributed by atoms with Crippen molar-refractivity contribution in [2.75, 3.05) is 0 Å². The van der Waals surface area contributed by atoms with E-state index < -0.39 is 14.5 Å². The molecule has 0 radical (unpaired) electrons. The molecule has 0 fully saturated rings. The third kappa shape index (κ3) is 3.26. The van der Waals surface area contributed by atoms with Gasteiger partial charge in [-0.25, -0.2) is 0 Å². The molecule has 8 aromatic rings. The fourth-order valence-electron chi connectivity index (χ4n) is 8.99. The third-order valence-electron chi connectivity index (χ3n) is 10.7. The summed E-state index contributed by atoms with van der Waals surface area (Å²) in [5.74, 6) is 0. The average Bonchev–Trinajstić information content (AvgIpc) is 3.75. The van der Waals surface area contributed by atoms with Crippen molar-refractivity contribution in [2.24, 2.45) is 0 Å². The Bertz CT molecular complexity index is 2370. The van der Waals surface area contributed by atoms with Gasteiger partial charge in [-0.05, 0) is 0 Å². The van der Waals surface area contributed by atoms with Gasteiger partial charge in [-0.15, -0.1) is 0 Å². The molecule has 0 unspecified atom stereocenters. The Morgan fingerprint density at radius 1 is 0.261 bits per heavy atom. The number of fused-ring (bicyclic) bond motifs is 10. The first-order valence-corrected chi connectivity index (χ1v) is 20.2. The van der Waals surface area contributed by atoms with Crippen molar-refractivity contribution in [2.45, 2.75) is 0 Å². The predicted molar refractivity (Wildman–Crippen MR) is 206 cm³/mol. The van der Waals surface area contributed by atoms with Gasteiger partial charge in [0, 0.05) is 0 Å². The Morgan fingerprint density at radius 3 is 1.24 bits per heavy atom. The van der Waals surface area contributed by atoms with E-state index in [4.69, 9.17) is 0 Å². The topological polar surface area (TPSA) is 0 Å². The fourth-order valence-corrected chi connectivity index (χ4v) is 20.7. The summed E-state index contributed by atoms with van der Waals surface area (Å²) in [4.78, 5) is 0. The molecule has 0 aromatic heterocycles. The number of benzene rings is 8. The van der Waals surface area contributed by atoms with Gasteiger partial charge in [-0.2, -0.15) is 0 Å². The molecule has 2 aliphatic heterocycles. The van der Waals surface area contributed by atoms with Crippen molar-refractivity contribution in [3.05, 3.63) is 182 Å². The van der Waals surface area contributed by atoms with Crippen LogP contribution in [0.15, 0.2) is 182 Å². The molecule has 0 nitrogen and oxygen atoms in total. The van der Waals surface area contributed by atoms with Gasteiger partial charge in [-0.3, -0.25) is 0 Å². The normalized spacial score (nSPS) is 16.3. The van der Waals surface area contributed by atoms with E-state index in [2.05, 4.69) is 182 Å². The van der Waals surface area contributed by atoms with Gasteiger partial charge in [0.05, 0.1) is 0 Å². The predicted octanol–water partition coefficient (Wildman–Crippen LogP) is 6.99.